The molecule has 0 aliphatic heterocycles. The summed E-state index contributed by atoms with van der Waals surface area (Å²) in [6, 6.07) is 16.7. The van der Waals surface area contributed by atoms with Gasteiger partial charge in [-0.15, -0.1) is 0 Å². The van der Waals surface area contributed by atoms with Gasteiger partial charge in [-0.2, -0.15) is 0 Å². The number of aryl methyl sites for hydroxylation is 4. The van der Waals surface area contributed by atoms with E-state index < -0.39 is 0 Å². The first-order chi connectivity index (χ1) is 16.6. The molecule has 3 aliphatic carbocycles. The Morgan fingerprint density at radius 1 is 0.295 bits per heavy atom. The predicted molar refractivity (Wildman–Crippen MR) is 153 cm³/mol. The van der Waals surface area contributed by atoms with Crippen molar-refractivity contribution in [1.82, 2.24) is 0 Å². The van der Waals surface area contributed by atoms with Gasteiger partial charge in [0.2, 0.25) is 0 Å². The van der Waals surface area contributed by atoms with E-state index >= 15 is 0 Å². The minimum atomic E-state index is 0. The van der Waals surface area contributed by atoms with Gasteiger partial charge >= 0.3 is 0 Å². The largest absolute Gasteiger partial charge is 0.0620 e. The number of rotatable bonds is 1. The van der Waals surface area contributed by atoms with Gasteiger partial charge in [-0.3, -0.25) is 0 Å². The maximum Gasteiger partial charge on any atom is 0 e. The minimum Gasteiger partial charge on any atom is -0.0620 e. The molecule has 10 heteroatoms. The first kappa shape index (κ1) is 75.8. The van der Waals surface area contributed by atoms with Gasteiger partial charge in [-0.1, -0.05) is 151 Å². The fourth-order valence-electron chi connectivity index (χ4n) is 5.60. The SMILES string of the molecule is C1CCC(C2CCCCC2)CC1.C1CCCCC1.Cc1ccccc1C.Cc1ccccc1C.[Ar].[Ar].[Ar].[Ar].[Ar].[Ar].[Ar].[Ar].[Ar].[Ar]. The summed E-state index contributed by atoms with van der Waals surface area (Å²) in [5.41, 5.74) is 5.47. The fraction of sp³-hybridized carbons (Fsp3) is 0.647. The summed E-state index contributed by atoms with van der Waals surface area (Å²) in [5.74, 6) is 2.28. The molecule has 3 aliphatic rings. The number of benzene rings is 2. The van der Waals surface area contributed by atoms with Crippen LogP contribution in [-0.4, -0.2) is 0 Å². The summed E-state index contributed by atoms with van der Waals surface area (Å²) >= 11 is 0. The van der Waals surface area contributed by atoms with E-state index in [4.69, 9.17) is 0 Å². The molecule has 0 unspecified atom stereocenters. The topological polar surface area (TPSA) is 0 Å². The van der Waals surface area contributed by atoms with Gasteiger partial charge in [-0.25, -0.2) is 0 Å². The van der Waals surface area contributed by atoms with Gasteiger partial charge in [0.25, 0.3) is 0 Å². The normalized spacial score (nSPS) is 14.5. The Morgan fingerprint density at radius 2 is 0.455 bits per heavy atom. The smallest absolute Gasteiger partial charge is 0 e. The van der Waals surface area contributed by atoms with Crippen molar-refractivity contribution in [3.8, 4) is 0 Å². The van der Waals surface area contributed by atoms with Gasteiger partial charge in [0, 0.05) is 377 Å². The third-order valence-corrected chi connectivity index (χ3v) is 8.32. The Balaban J connectivity index is -0.0000000504. The molecule has 0 aromatic heterocycles. The zero-order valence-electron chi connectivity index (χ0n) is 26.6. The number of hydrogen-bond acceptors (Lipinski definition) is 0. The summed E-state index contributed by atoms with van der Waals surface area (Å²) in [7, 11) is 0. The molecule has 0 N–H and O–H groups in total. The molecule has 0 saturated heterocycles. The van der Waals surface area contributed by atoms with E-state index in [0.717, 1.165) is 11.8 Å². The van der Waals surface area contributed by atoms with Crippen molar-refractivity contribution >= 4 is 0 Å². The van der Waals surface area contributed by atoms with Gasteiger partial charge in [0.05, 0.1) is 0 Å². The van der Waals surface area contributed by atoms with E-state index in [2.05, 4.69) is 76.2 Å². The van der Waals surface area contributed by atoms with Crippen molar-refractivity contribution in [3.05, 3.63) is 70.8 Å². The zero-order chi connectivity index (χ0) is 24.4. The van der Waals surface area contributed by atoms with Crippen molar-refractivity contribution in [3.63, 3.8) is 0 Å². The van der Waals surface area contributed by atoms with Gasteiger partial charge in [-0.05, 0) is 61.8 Å². The molecule has 3 fully saturated rings. The van der Waals surface area contributed by atoms with Crippen LogP contribution in [0.2, 0.25) is 0 Å². The van der Waals surface area contributed by atoms with Crippen LogP contribution in [0.1, 0.15) is 125 Å². The first-order valence-electron chi connectivity index (χ1n) is 14.6. The first-order valence-corrected chi connectivity index (χ1v) is 14.6. The molecular weight excluding hydrogens is 808 g/mol. The van der Waals surface area contributed by atoms with Crippen molar-refractivity contribution < 1.29 is 377 Å². The van der Waals surface area contributed by atoms with Crippen molar-refractivity contribution in [1.29, 1.82) is 0 Å². The van der Waals surface area contributed by atoms with Crippen molar-refractivity contribution in [2.24, 2.45) is 11.8 Å². The second-order valence-corrected chi connectivity index (χ2v) is 11.1. The van der Waals surface area contributed by atoms with Crippen molar-refractivity contribution in [2.75, 3.05) is 0 Å². The molecule has 270 valence electrons. The average molecular weight is 862 g/mol. The predicted octanol–water partition coefficient (Wildman–Crippen LogP) is 11.1. The van der Waals surface area contributed by atoms with Crippen LogP contribution in [-0.2, 0) is 0 Å². The summed E-state index contributed by atoms with van der Waals surface area (Å²) < 4.78 is 0. The molecule has 0 radical (unpaired) electrons. The summed E-state index contributed by atoms with van der Waals surface area (Å²) in [5, 5.41) is 0. The third kappa shape index (κ3) is 41.2. The molecule has 2 aromatic carbocycles. The molecule has 0 nitrogen and oxygen atoms in total. The van der Waals surface area contributed by atoms with Gasteiger partial charge in [0.1, 0.15) is 0 Å². The Hall–Kier alpha value is 11.0. The summed E-state index contributed by atoms with van der Waals surface area (Å²) in [6.45, 7) is 8.48. The third-order valence-electron chi connectivity index (χ3n) is 8.32. The second-order valence-electron chi connectivity index (χ2n) is 11.1. The number of hydrogen-bond donors (Lipinski definition) is 0. The van der Waals surface area contributed by atoms with Crippen LogP contribution in [0.25, 0.3) is 0 Å². The molecule has 2 aromatic rings. The Kier molecular flexibility index (Phi) is 93.1. The molecule has 44 heavy (non-hydrogen) atoms. The van der Waals surface area contributed by atoms with E-state index in [0.29, 0.717) is 0 Å². The van der Waals surface area contributed by atoms with Crippen molar-refractivity contribution in [2.45, 2.75) is 130 Å². The molecule has 0 atom stereocenters. The van der Waals surface area contributed by atoms with E-state index in [1.54, 1.807) is 25.7 Å². The molecule has 0 amide bonds. The summed E-state index contributed by atoms with van der Waals surface area (Å²) in [6.07, 6.45) is 24.4. The average Bonchev–Trinajstić information content (AvgIpc) is 2.91. The Labute approximate surface area is 574 Å². The monoisotopic (exact) mass is 862 g/mol. The Bertz CT molecular complexity index is 663. The molecule has 5 rings (SSSR count). The van der Waals surface area contributed by atoms with Crippen LogP contribution >= 0.6 is 0 Å². The fourth-order valence-corrected chi connectivity index (χ4v) is 5.60. The van der Waals surface area contributed by atoms with E-state index in [9.17, 15) is 0 Å². The summed E-state index contributed by atoms with van der Waals surface area (Å²) in [4.78, 5) is 0. The standard InChI is InChI=1S/C12H22.2C8H10.C6H12.10Ar/c1-3-7-11(8-4-1)12-9-5-2-6-10-12;2*1-7-5-3-4-6-8(7)2;1-2-4-6-5-3-1;;;;;;;;;;/h11-12H,1-10H2;2*3-6H,1-2H3;1-6H2;;;;;;;;;;. The van der Waals surface area contributed by atoms with Gasteiger partial charge < -0.3 is 0 Å². The van der Waals surface area contributed by atoms with Crippen LogP contribution in [0.5, 0.6) is 0 Å². The van der Waals surface area contributed by atoms with Crippen LogP contribution in [0.15, 0.2) is 48.5 Å². The van der Waals surface area contributed by atoms with Crippen LogP contribution < -0.4 is 0 Å². The quantitative estimate of drug-likeness (QED) is 0.268. The Morgan fingerprint density at radius 3 is 0.614 bits per heavy atom. The van der Waals surface area contributed by atoms with E-state index in [-0.39, 0.29) is 377 Å². The van der Waals surface area contributed by atoms with E-state index in [1.807, 2.05) is 0 Å². The van der Waals surface area contributed by atoms with Crippen LogP contribution in [0, 0.1) is 417 Å². The van der Waals surface area contributed by atoms with E-state index in [1.165, 1.54) is 99.3 Å². The van der Waals surface area contributed by atoms with Crippen LogP contribution in [0.3, 0.4) is 0 Å². The molecule has 3 saturated carbocycles. The second kappa shape index (κ2) is 54.0. The minimum absolute atomic E-state index is 0. The molecule has 0 spiro atoms. The van der Waals surface area contributed by atoms with Gasteiger partial charge in [0.15, 0.2) is 0 Å². The molecular formula is C34H54Ar10. The maximum absolute atomic E-state index is 2.12. The maximum atomic E-state index is 2.12. The molecule has 0 heterocycles. The van der Waals surface area contributed by atoms with Crippen LogP contribution in [0.4, 0.5) is 0 Å². The molecule has 0 bridgehead atoms. The zero-order valence-corrected chi connectivity index (χ0v) is 33.7.